The van der Waals surface area contributed by atoms with Crippen molar-refractivity contribution < 1.29 is 4.79 Å². The summed E-state index contributed by atoms with van der Waals surface area (Å²) >= 11 is 0. The monoisotopic (exact) mass is 286 g/mol. The van der Waals surface area contributed by atoms with Gasteiger partial charge in [0.2, 0.25) is 5.91 Å². The highest BCUT2D eigenvalue weighted by molar-refractivity contribution is 5.86. The second kappa shape index (κ2) is 6.08. The van der Waals surface area contributed by atoms with Crippen molar-refractivity contribution in [2.75, 3.05) is 11.9 Å². The third-order valence-electron chi connectivity index (χ3n) is 5.44. The number of hydrogen-bond donors (Lipinski definition) is 2. The molecule has 2 aliphatic rings. The minimum atomic E-state index is 0.00637. The number of carbonyl (C=O) groups is 1. The van der Waals surface area contributed by atoms with E-state index in [1.807, 2.05) is 12.1 Å². The molecule has 1 aliphatic carbocycles. The predicted molar refractivity (Wildman–Crippen MR) is 86.4 cm³/mol. The van der Waals surface area contributed by atoms with Crippen LogP contribution in [0, 0.1) is 11.8 Å². The van der Waals surface area contributed by atoms with Crippen LogP contribution in [-0.4, -0.2) is 18.5 Å². The molecule has 1 fully saturated rings. The molecular weight excluding hydrogens is 260 g/mol. The molecule has 4 atom stereocenters. The molecule has 0 spiro atoms. The van der Waals surface area contributed by atoms with Crippen molar-refractivity contribution in [2.45, 2.75) is 51.5 Å². The van der Waals surface area contributed by atoms with Crippen LogP contribution in [0.5, 0.6) is 0 Å². The summed E-state index contributed by atoms with van der Waals surface area (Å²) < 4.78 is 0. The molecule has 1 aliphatic heterocycles. The summed E-state index contributed by atoms with van der Waals surface area (Å²) in [6, 6.07) is 8.55. The molecule has 0 saturated heterocycles. The molecule has 1 heterocycles. The van der Waals surface area contributed by atoms with Gasteiger partial charge in [-0.3, -0.25) is 4.79 Å². The van der Waals surface area contributed by atoms with Gasteiger partial charge >= 0.3 is 0 Å². The fraction of sp³-hybridized carbons (Fsp3) is 0.611. The van der Waals surface area contributed by atoms with Crippen LogP contribution in [0.1, 0.15) is 51.0 Å². The number of anilines is 1. The topological polar surface area (TPSA) is 41.1 Å². The summed E-state index contributed by atoms with van der Waals surface area (Å²) in [4.78, 5) is 12.7. The number of para-hydroxylation sites is 1. The number of nitrogens with one attached hydrogen (secondary N) is 2. The van der Waals surface area contributed by atoms with Crippen molar-refractivity contribution in [3.63, 3.8) is 0 Å². The fourth-order valence-corrected chi connectivity index (χ4v) is 3.81. The number of fused-ring (bicyclic) bond motifs is 1. The number of hydrogen-bond acceptors (Lipinski definition) is 2. The Bertz CT molecular complexity index is 514. The number of amides is 1. The quantitative estimate of drug-likeness (QED) is 0.873. The zero-order valence-corrected chi connectivity index (χ0v) is 13.1. The number of carbonyl (C=O) groups excluding carboxylic acids is 1. The maximum absolute atomic E-state index is 12.7. The normalized spacial score (nSPS) is 31.9. The van der Waals surface area contributed by atoms with Crippen LogP contribution in [0.3, 0.4) is 0 Å². The second-order valence-corrected chi connectivity index (χ2v) is 6.74. The summed E-state index contributed by atoms with van der Waals surface area (Å²) in [6.45, 7) is 5.47. The smallest absolute Gasteiger partial charge is 0.227 e. The molecule has 1 saturated carbocycles. The van der Waals surface area contributed by atoms with E-state index in [2.05, 4.69) is 36.6 Å². The van der Waals surface area contributed by atoms with E-state index in [0.717, 1.165) is 30.6 Å². The van der Waals surface area contributed by atoms with Crippen LogP contribution in [0.25, 0.3) is 0 Å². The highest BCUT2D eigenvalue weighted by Crippen LogP contribution is 2.33. The van der Waals surface area contributed by atoms with Crippen LogP contribution in [0.2, 0.25) is 0 Å². The molecule has 114 valence electrons. The Labute approximate surface area is 127 Å². The Balaban J connectivity index is 1.72. The molecule has 0 bridgehead atoms. The van der Waals surface area contributed by atoms with Gasteiger partial charge in [-0.05, 0) is 36.3 Å². The summed E-state index contributed by atoms with van der Waals surface area (Å²) in [5.41, 5.74) is 2.27. The highest BCUT2D eigenvalue weighted by Gasteiger charge is 2.32. The van der Waals surface area contributed by atoms with E-state index in [0.29, 0.717) is 17.9 Å². The molecular formula is C18H26N2O. The van der Waals surface area contributed by atoms with E-state index in [9.17, 15) is 4.79 Å². The Hall–Kier alpha value is -1.51. The van der Waals surface area contributed by atoms with Gasteiger partial charge in [0, 0.05) is 18.3 Å². The van der Waals surface area contributed by atoms with E-state index in [1.165, 1.54) is 12.8 Å². The van der Waals surface area contributed by atoms with E-state index in [-0.39, 0.29) is 11.8 Å². The minimum Gasteiger partial charge on any atom is -0.385 e. The largest absolute Gasteiger partial charge is 0.385 e. The average Bonchev–Trinajstić information content (AvgIpc) is 2.51. The summed E-state index contributed by atoms with van der Waals surface area (Å²) in [5, 5.41) is 6.73. The second-order valence-electron chi connectivity index (χ2n) is 6.74. The van der Waals surface area contributed by atoms with Crippen molar-refractivity contribution >= 4 is 11.6 Å². The molecule has 4 unspecified atom stereocenters. The van der Waals surface area contributed by atoms with Crippen molar-refractivity contribution in [3.05, 3.63) is 29.8 Å². The molecule has 3 nitrogen and oxygen atoms in total. The van der Waals surface area contributed by atoms with Gasteiger partial charge in [0.15, 0.2) is 0 Å². The highest BCUT2D eigenvalue weighted by atomic mass is 16.2. The van der Waals surface area contributed by atoms with Gasteiger partial charge in [-0.25, -0.2) is 0 Å². The Morgan fingerprint density at radius 3 is 2.86 bits per heavy atom. The van der Waals surface area contributed by atoms with Crippen molar-refractivity contribution in [2.24, 2.45) is 11.8 Å². The average molecular weight is 286 g/mol. The first-order valence-corrected chi connectivity index (χ1v) is 8.30. The first kappa shape index (κ1) is 14.4. The molecule has 1 aromatic carbocycles. The maximum Gasteiger partial charge on any atom is 0.227 e. The van der Waals surface area contributed by atoms with Crippen molar-refractivity contribution in [1.29, 1.82) is 0 Å². The standard InChI is InChI=1S/C18H26N2O/c1-12-6-5-9-16(13(12)2)20-18(21)15-10-11-19-17-8-4-3-7-14(15)17/h3-4,7-8,12-13,15-16,19H,5-6,9-11H2,1-2H3,(H,20,21). The van der Waals surface area contributed by atoms with Crippen LogP contribution < -0.4 is 10.6 Å². The molecule has 2 N–H and O–H groups in total. The van der Waals surface area contributed by atoms with Crippen LogP contribution in [-0.2, 0) is 4.79 Å². The maximum atomic E-state index is 12.7. The number of benzene rings is 1. The molecule has 0 aromatic heterocycles. The van der Waals surface area contributed by atoms with E-state index in [1.54, 1.807) is 0 Å². The van der Waals surface area contributed by atoms with E-state index >= 15 is 0 Å². The minimum absolute atomic E-state index is 0.00637. The zero-order valence-electron chi connectivity index (χ0n) is 13.1. The van der Waals surface area contributed by atoms with Gasteiger partial charge in [-0.2, -0.15) is 0 Å². The van der Waals surface area contributed by atoms with Gasteiger partial charge in [0.25, 0.3) is 0 Å². The van der Waals surface area contributed by atoms with E-state index in [4.69, 9.17) is 0 Å². The third kappa shape index (κ3) is 2.92. The SMILES string of the molecule is CC1CCCC(NC(=O)C2CCNc3ccccc32)C1C. The lowest BCUT2D eigenvalue weighted by Crippen LogP contribution is -2.46. The Kier molecular flexibility index (Phi) is 4.18. The molecule has 1 aromatic rings. The predicted octanol–water partition coefficient (Wildman–Crippen LogP) is 3.53. The molecule has 0 radical (unpaired) electrons. The lowest BCUT2D eigenvalue weighted by atomic mass is 9.77. The molecule has 3 heteroatoms. The Morgan fingerprint density at radius 1 is 1.19 bits per heavy atom. The first-order chi connectivity index (χ1) is 10.2. The molecule has 21 heavy (non-hydrogen) atoms. The van der Waals surface area contributed by atoms with Gasteiger partial charge in [0.05, 0.1) is 5.92 Å². The lowest BCUT2D eigenvalue weighted by molar-refractivity contribution is -0.124. The van der Waals surface area contributed by atoms with Gasteiger partial charge in [0.1, 0.15) is 0 Å². The fourth-order valence-electron chi connectivity index (χ4n) is 3.81. The van der Waals surface area contributed by atoms with Crippen molar-refractivity contribution in [3.8, 4) is 0 Å². The van der Waals surface area contributed by atoms with Crippen LogP contribution in [0.4, 0.5) is 5.69 Å². The summed E-state index contributed by atoms with van der Waals surface area (Å²) in [7, 11) is 0. The van der Waals surface area contributed by atoms with E-state index < -0.39 is 0 Å². The zero-order chi connectivity index (χ0) is 14.8. The third-order valence-corrected chi connectivity index (χ3v) is 5.44. The van der Waals surface area contributed by atoms with Crippen LogP contribution >= 0.6 is 0 Å². The molecule has 1 amide bonds. The number of rotatable bonds is 2. The van der Waals surface area contributed by atoms with Gasteiger partial charge < -0.3 is 10.6 Å². The van der Waals surface area contributed by atoms with Gasteiger partial charge in [-0.15, -0.1) is 0 Å². The Morgan fingerprint density at radius 2 is 2.00 bits per heavy atom. The summed E-state index contributed by atoms with van der Waals surface area (Å²) in [5.74, 6) is 1.52. The van der Waals surface area contributed by atoms with Crippen LogP contribution in [0.15, 0.2) is 24.3 Å². The first-order valence-electron chi connectivity index (χ1n) is 8.30. The van der Waals surface area contributed by atoms with Crippen molar-refractivity contribution in [1.82, 2.24) is 5.32 Å². The molecule has 3 rings (SSSR count). The van der Waals surface area contributed by atoms with Gasteiger partial charge in [-0.1, -0.05) is 44.9 Å². The summed E-state index contributed by atoms with van der Waals surface area (Å²) in [6.07, 6.45) is 4.55. The lowest BCUT2D eigenvalue weighted by Gasteiger charge is -2.36.